The van der Waals surface area contributed by atoms with E-state index >= 15 is 0 Å². The third-order valence-corrected chi connectivity index (χ3v) is 2.11. The molecule has 0 radical (unpaired) electrons. The average molecular weight is 219 g/mol. The fourth-order valence-corrected chi connectivity index (χ4v) is 1.21. The second-order valence-corrected chi connectivity index (χ2v) is 3.22. The predicted octanol–water partition coefficient (Wildman–Crippen LogP) is -0.0904. The molecule has 0 unspecified atom stereocenters. The van der Waals surface area contributed by atoms with Crippen LogP contribution in [0.2, 0.25) is 0 Å². The Kier molecular flexibility index (Phi) is 3.49. The summed E-state index contributed by atoms with van der Waals surface area (Å²) < 4.78 is 2.30. The minimum atomic E-state index is -0.831. The number of aliphatic hydroxyl groups excluding tert-OH is 1. The molecule has 78 valence electrons. The first-order valence-corrected chi connectivity index (χ1v) is 4.63. The number of aromatic nitrogens is 2. The normalized spacial score (nSPS) is 12.8. The van der Waals surface area contributed by atoms with E-state index in [-0.39, 0.29) is 23.9 Å². The number of rotatable bonds is 3. The van der Waals surface area contributed by atoms with E-state index in [1.54, 1.807) is 0 Å². The highest BCUT2D eigenvalue weighted by Gasteiger charge is 2.10. The average Bonchev–Trinajstić information content (AvgIpc) is 2.48. The van der Waals surface area contributed by atoms with Gasteiger partial charge in [0.05, 0.1) is 18.5 Å². The van der Waals surface area contributed by atoms with Gasteiger partial charge in [-0.25, -0.2) is 9.36 Å². The molecule has 0 aliphatic heterocycles. The molecule has 0 aromatic carbocycles. The maximum Gasteiger partial charge on any atom is 0.267 e. The van der Waals surface area contributed by atoms with Crippen LogP contribution in [0.5, 0.6) is 0 Å². The number of aliphatic hydroxyl groups is 1. The molecule has 1 N–H and O–H groups in total. The van der Waals surface area contributed by atoms with Crippen molar-refractivity contribution in [3.05, 3.63) is 22.6 Å². The van der Waals surface area contributed by atoms with Gasteiger partial charge in [-0.15, -0.1) is 11.6 Å². The van der Waals surface area contributed by atoms with E-state index in [1.807, 2.05) is 0 Å². The smallest absolute Gasteiger partial charge is 0.267 e. The quantitative estimate of drug-likeness (QED) is 0.722. The van der Waals surface area contributed by atoms with Crippen molar-refractivity contribution in [2.24, 2.45) is 0 Å². The molecular formula is C8H11ClN2O3. The number of hydrogen-bond acceptors (Lipinski definition) is 3. The highest BCUT2D eigenvalue weighted by Crippen LogP contribution is 1.94. The van der Waals surface area contributed by atoms with Crippen LogP contribution >= 0.6 is 11.6 Å². The van der Waals surface area contributed by atoms with Crippen molar-refractivity contribution in [2.75, 3.05) is 5.88 Å². The van der Waals surface area contributed by atoms with Crippen LogP contribution < -0.4 is 5.56 Å². The van der Waals surface area contributed by atoms with Crippen molar-refractivity contribution >= 4 is 17.5 Å². The molecule has 0 aliphatic rings. The van der Waals surface area contributed by atoms with Gasteiger partial charge in [0.15, 0.2) is 0 Å². The van der Waals surface area contributed by atoms with E-state index in [0.29, 0.717) is 0 Å². The van der Waals surface area contributed by atoms with Gasteiger partial charge in [-0.05, 0) is 0 Å². The Morgan fingerprint density at radius 1 is 1.71 bits per heavy atom. The van der Waals surface area contributed by atoms with Crippen molar-refractivity contribution in [3.8, 4) is 0 Å². The van der Waals surface area contributed by atoms with Gasteiger partial charge in [0.2, 0.25) is 5.91 Å². The van der Waals surface area contributed by atoms with Crippen LogP contribution in [0.4, 0.5) is 0 Å². The Morgan fingerprint density at radius 3 is 2.86 bits per heavy atom. The predicted molar refractivity (Wildman–Crippen MR) is 51.7 cm³/mol. The molecule has 1 aromatic heterocycles. The monoisotopic (exact) mass is 218 g/mol. The van der Waals surface area contributed by atoms with Crippen LogP contribution in [0.25, 0.3) is 0 Å². The van der Waals surface area contributed by atoms with Crippen LogP contribution in [0.1, 0.15) is 11.7 Å². The van der Waals surface area contributed by atoms with Gasteiger partial charge in [0.1, 0.15) is 0 Å². The summed E-state index contributed by atoms with van der Waals surface area (Å²) >= 11 is 5.39. The molecule has 1 rings (SSSR count). The molecule has 0 amide bonds. The fourth-order valence-electron chi connectivity index (χ4n) is 1.11. The largest absolute Gasteiger partial charge is 0.390 e. The van der Waals surface area contributed by atoms with E-state index in [0.717, 1.165) is 9.36 Å². The Hall–Kier alpha value is -1.07. The van der Waals surface area contributed by atoms with Gasteiger partial charge in [-0.2, -0.15) is 0 Å². The molecule has 0 aliphatic carbocycles. The van der Waals surface area contributed by atoms with Crippen molar-refractivity contribution in [1.82, 2.24) is 9.36 Å². The number of carbonyl (C=O) groups is 1. The van der Waals surface area contributed by atoms with Gasteiger partial charge in [-0.1, -0.05) is 0 Å². The van der Waals surface area contributed by atoms with Gasteiger partial charge in [0.25, 0.3) is 5.56 Å². The molecule has 0 saturated heterocycles. The Labute approximate surface area is 85.5 Å². The molecule has 6 heteroatoms. The van der Waals surface area contributed by atoms with Crippen LogP contribution in [0, 0.1) is 0 Å². The molecule has 5 nitrogen and oxygen atoms in total. The van der Waals surface area contributed by atoms with Crippen molar-refractivity contribution in [3.63, 3.8) is 0 Å². The SMILES string of the molecule is CC(=O)n1ccc(=O)n1C[C@@H](O)CCl. The van der Waals surface area contributed by atoms with Gasteiger partial charge in [0, 0.05) is 19.2 Å². The van der Waals surface area contributed by atoms with Gasteiger partial charge in [-0.3, -0.25) is 9.59 Å². The fraction of sp³-hybridized carbons (Fsp3) is 0.500. The van der Waals surface area contributed by atoms with Crippen LogP contribution in [0.3, 0.4) is 0 Å². The highest BCUT2D eigenvalue weighted by atomic mass is 35.5. The van der Waals surface area contributed by atoms with Crippen molar-refractivity contribution in [1.29, 1.82) is 0 Å². The lowest BCUT2D eigenvalue weighted by atomic mass is 10.4. The highest BCUT2D eigenvalue weighted by molar-refractivity contribution is 6.18. The number of nitrogens with zero attached hydrogens (tertiary/aromatic N) is 2. The molecular weight excluding hydrogens is 208 g/mol. The first kappa shape index (κ1) is 11.0. The van der Waals surface area contributed by atoms with E-state index in [2.05, 4.69) is 0 Å². The summed E-state index contributed by atoms with van der Waals surface area (Å²) in [5, 5.41) is 9.24. The zero-order valence-corrected chi connectivity index (χ0v) is 8.44. The first-order valence-electron chi connectivity index (χ1n) is 4.09. The lowest BCUT2D eigenvalue weighted by Gasteiger charge is -2.11. The zero-order valence-electron chi connectivity index (χ0n) is 7.68. The van der Waals surface area contributed by atoms with Crippen molar-refractivity contribution < 1.29 is 9.90 Å². The number of alkyl halides is 1. The Morgan fingerprint density at radius 2 is 2.36 bits per heavy atom. The van der Waals surface area contributed by atoms with Crippen LogP contribution in [0.15, 0.2) is 17.1 Å². The number of hydrogen-bond donors (Lipinski definition) is 1. The third-order valence-electron chi connectivity index (χ3n) is 1.76. The summed E-state index contributed by atoms with van der Waals surface area (Å²) in [5.74, 6) is -0.260. The number of carbonyl (C=O) groups excluding carboxylic acids is 1. The topological polar surface area (TPSA) is 64.2 Å². The summed E-state index contributed by atoms with van der Waals surface area (Å²) in [6, 6.07) is 1.27. The molecule has 1 atom stereocenters. The lowest BCUT2D eigenvalue weighted by molar-refractivity contribution is 0.0882. The molecule has 14 heavy (non-hydrogen) atoms. The Bertz CT molecular complexity index is 382. The summed E-state index contributed by atoms with van der Waals surface area (Å²) in [4.78, 5) is 22.3. The summed E-state index contributed by atoms with van der Waals surface area (Å²) in [6.45, 7) is 1.36. The molecule has 0 saturated carbocycles. The first-order chi connectivity index (χ1) is 6.56. The summed E-state index contributed by atoms with van der Waals surface area (Å²) in [5.41, 5.74) is -0.329. The minimum absolute atomic E-state index is 0.0227. The third kappa shape index (κ3) is 2.24. The molecule has 1 heterocycles. The second kappa shape index (κ2) is 4.43. The standard InChI is InChI=1S/C8H11ClN2O3/c1-6(12)10-3-2-8(14)11(10)5-7(13)4-9/h2-3,7,13H,4-5H2,1H3/t7-/m0/s1. The van der Waals surface area contributed by atoms with Crippen LogP contribution in [-0.2, 0) is 6.54 Å². The summed E-state index contributed by atoms with van der Waals surface area (Å²) in [7, 11) is 0. The second-order valence-electron chi connectivity index (χ2n) is 2.91. The summed E-state index contributed by atoms with van der Waals surface area (Å²) in [6.07, 6.45) is 0.536. The lowest BCUT2D eigenvalue weighted by Crippen LogP contribution is -2.31. The van der Waals surface area contributed by atoms with Gasteiger partial charge < -0.3 is 5.11 Å². The van der Waals surface area contributed by atoms with E-state index in [4.69, 9.17) is 11.6 Å². The van der Waals surface area contributed by atoms with E-state index in [9.17, 15) is 14.7 Å². The molecule has 0 bridgehead atoms. The van der Waals surface area contributed by atoms with E-state index in [1.165, 1.54) is 19.2 Å². The number of halogens is 1. The Balaban J connectivity index is 3.00. The van der Waals surface area contributed by atoms with Crippen molar-refractivity contribution in [2.45, 2.75) is 19.6 Å². The molecule has 0 spiro atoms. The zero-order chi connectivity index (χ0) is 10.7. The molecule has 1 aromatic rings. The van der Waals surface area contributed by atoms with Gasteiger partial charge >= 0.3 is 0 Å². The minimum Gasteiger partial charge on any atom is -0.390 e. The molecule has 0 fully saturated rings. The maximum atomic E-state index is 11.2. The van der Waals surface area contributed by atoms with Crippen LogP contribution in [-0.4, -0.2) is 32.4 Å². The maximum absolute atomic E-state index is 11.2. The van der Waals surface area contributed by atoms with E-state index < -0.39 is 6.10 Å².